The average Bonchev–Trinajstić information content (AvgIpc) is 2.82. The minimum atomic E-state index is -0.517. The number of hydrogen-bond acceptors (Lipinski definition) is 7. The van der Waals surface area contributed by atoms with E-state index < -0.39 is 11.8 Å². The van der Waals surface area contributed by atoms with Crippen molar-refractivity contribution in [2.24, 2.45) is 0 Å². The van der Waals surface area contributed by atoms with Crippen LogP contribution in [0.15, 0.2) is 61.2 Å². The summed E-state index contributed by atoms with van der Waals surface area (Å²) < 4.78 is 24.8. The van der Waals surface area contributed by atoms with Gasteiger partial charge in [-0.15, -0.1) is 0 Å². The van der Waals surface area contributed by atoms with Gasteiger partial charge in [-0.3, -0.25) is 9.78 Å². The second-order valence-corrected chi connectivity index (χ2v) is 7.47. The molecule has 0 atom stereocenters. The van der Waals surface area contributed by atoms with Crippen molar-refractivity contribution in [3.63, 3.8) is 0 Å². The number of fused-ring (bicyclic) bond motifs is 1. The molecule has 0 fully saturated rings. The van der Waals surface area contributed by atoms with Crippen LogP contribution in [-0.2, 0) is 11.2 Å². The van der Waals surface area contributed by atoms with Crippen molar-refractivity contribution in [2.45, 2.75) is 19.8 Å². The number of ether oxygens (including phenoxy) is 2. The highest BCUT2D eigenvalue weighted by atomic mass is 35.5. The van der Waals surface area contributed by atoms with E-state index in [1.807, 2.05) is 19.1 Å². The molecule has 0 aliphatic heterocycles. The first-order chi connectivity index (χ1) is 16.0. The summed E-state index contributed by atoms with van der Waals surface area (Å²) in [5.74, 6) is 0.176. The van der Waals surface area contributed by atoms with Crippen LogP contribution < -0.4 is 14.8 Å². The van der Waals surface area contributed by atoms with Crippen LogP contribution in [0.2, 0.25) is 5.02 Å². The number of anilines is 2. The molecular formula is C24H20ClFN4O3. The SMILES string of the molecule is CCOc1cc2ncnc(Nc3ccc(F)c(Cl)c3)c2cc1OC(=O)CCc1cccnc1. The minimum absolute atomic E-state index is 0.0137. The minimum Gasteiger partial charge on any atom is -0.490 e. The number of aromatic nitrogens is 3. The maximum atomic E-state index is 13.5. The summed E-state index contributed by atoms with van der Waals surface area (Å²) in [5, 5.41) is 3.68. The van der Waals surface area contributed by atoms with E-state index in [1.165, 1.54) is 18.5 Å². The Labute approximate surface area is 194 Å². The summed E-state index contributed by atoms with van der Waals surface area (Å²) in [7, 11) is 0. The number of nitrogens with one attached hydrogen (secondary N) is 1. The first-order valence-corrected chi connectivity index (χ1v) is 10.6. The first-order valence-electron chi connectivity index (χ1n) is 10.3. The molecule has 33 heavy (non-hydrogen) atoms. The first kappa shape index (κ1) is 22.4. The third-order valence-corrected chi connectivity index (χ3v) is 5.04. The molecule has 2 heterocycles. The van der Waals surface area contributed by atoms with Gasteiger partial charge in [0.1, 0.15) is 18.0 Å². The lowest BCUT2D eigenvalue weighted by molar-refractivity contribution is -0.134. The molecule has 168 valence electrons. The second kappa shape index (κ2) is 10.2. The molecule has 0 aliphatic carbocycles. The predicted octanol–water partition coefficient (Wildman–Crippen LogP) is 5.50. The van der Waals surface area contributed by atoms with E-state index >= 15 is 0 Å². The molecule has 2 aromatic heterocycles. The Balaban J connectivity index is 1.61. The van der Waals surface area contributed by atoms with E-state index in [-0.39, 0.29) is 17.2 Å². The average molecular weight is 467 g/mol. The van der Waals surface area contributed by atoms with Gasteiger partial charge in [-0.2, -0.15) is 0 Å². The molecule has 0 saturated carbocycles. The number of halogens is 2. The number of pyridine rings is 1. The summed E-state index contributed by atoms with van der Waals surface area (Å²) in [5.41, 5.74) is 2.07. The molecule has 0 amide bonds. The highest BCUT2D eigenvalue weighted by Gasteiger charge is 2.16. The van der Waals surface area contributed by atoms with Gasteiger partial charge in [0.05, 0.1) is 23.6 Å². The highest BCUT2D eigenvalue weighted by molar-refractivity contribution is 6.31. The monoisotopic (exact) mass is 466 g/mol. The lowest BCUT2D eigenvalue weighted by atomic mass is 10.1. The molecule has 0 bridgehead atoms. The van der Waals surface area contributed by atoms with Crippen molar-refractivity contribution in [1.29, 1.82) is 0 Å². The number of rotatable bonds is 8. The Bertz CT molecular complexity index is 1290. The van der Waals surface area contributed by atoms with Gasteiger partial charge in [0.2, 0.25) is 0 Å². The molecule has 4 aromatic rings. The number of carbonyl (C=O) groups is 1. The van der Waals surface area contributed by atoms with E-state index in [1.54, 1.807) is 30.6 Å². The smallest absolute Gasteiger partial charge is 0.311 e. The van der Waals surface area contributed by atoms with E-state index in [2.05, 4.69) is 20.3 Å². The summed E-state index contributed by atoms with van der Waals surface area (Å²) in [6.07, 6.45) is 5.47. The summed E-state index contributed by atoms with van der Waals surface area (Å²) in [6, 6.07) is 11.3. The van der Waals surface area contributed by atoms with Crippen LogP contribution in [0, 0.1) is 5.82 Å². The van der Waals surface area contributed by atoms with Gasteiger partial charge in [-0.1, -0.05) is 17.7 Å². The fraction of sp³-hybridized carbons (Fsp3) is 0.167. The van der Waals surface area contributed by atoms with E-state index in [0.717, 1.165) is 5.56 Å². The molecular weight excluding hydrogens is 447 g/mol. The number of carbonyl (C=O) groups excluding carboxylic acids is 1. The van der Waals surface area contributed by atoms with Crippen LogP contribution in [0.5, 0.6) is 11.5 Å². The van der Waals surface area contributed by atoms with Crippen molar-refractivity contribution < 1.29 is 18.7 Å². The Hall–Kier alpha value is -3.78. The van der Waals surface area contributed by atoms with Crippen LogP contribution in [0.1, 0.15) is 18.9 Å². The number of nitrogens with zero attached hydrogens (tertiary/aromatic N) is 3. The normalized spacial score (nSPS) is 10.8. The lowest BCUT2D eigenvalue weighted by Gasteiger charge is -2.14. The molecule has 0 saturated heterocycles. The molecule has 0 spiro atoms. The number of hydrogen-bond donors (Lipinski definition) is 1. The third kappa shape index (κ3) is 5.53. The van der Waals surface area contributed by atoms with Crippen LogP contribution in [0.4, 0.5) is 15.9 Å². The molecule has 7 nitrogen and oxygen atoms in total. The Morgan fingerprint density at radius 2 is 2.03 bits per heavy atom. The van der Waals surface area contributed by atoms with Gasteiger partial charge in [0.15, 0.2) is 11.5 Å². The molecule has 0 unspecified atom stereocenters. The third-order valence-electron chi connectivity index (χ3n) is 4.75. The van der Waals surface area contributed by atoms with Gasteiger partial charge >= 0.3 is 5.97 Å². The van der Waals surface area contributed by atoms with Gasteiger partial charge in [-0.05, 0) is 49.2 Å². The second-order valence-electron chi connectivity index (χ2n) is 7.06. The fourth-order valence-corrected chi connectivity index (χ4v) is 3.37. The molecule has 4 rings (SSSR count). The number of aryl methyl sites for hydroxylation is 1. The van der Waals surface area contributed by atoms with Crippen LogP contribution in [0.25, 0.3) is 10.9 Å². The maximum Gasteiger partial charge on any atom is 0.311 e. The van der Waals surface area contributed by atoms with Crippen molar-refractivity contribution >= 4 is 40.0 Å². The Morgan fingerprint density at radius 3 is 2.79 bits per heavy atom. The van der Waals surface area contributed by atoms with Crippen LogP contribution in [0.3, 0.4) is 0 Å². The molecule has 0 aliphatic rings. The predicted molar refractivity (Wildman–Crippen MR) is 124 cm³/mol. The lowest BCUT2D eigenvalue weighted by Crippen LogP contribution is -2.10. The van der Waals surface area contributed by atoms with Crippen LogP contribution in [-0.4, -0.2) is 27.5 Å². The topological polar surface area (TPSA) is 86.2 Å². The zero-order chi connectivity index (χ0) is 23.2. The molecule has 1 N–H and O–H groups in total. The fourth-order valence-electron chi connectivity index (χ4n) is 3.19. The van der Waals surface area contributed by atoms with Crippen LogP contribution >= 0.6 is 11.6 Å². The largest absolute Gasteiger partial charge is 0.490 e. The van der Waals surface area contributed by atoms with Gasteiger partial charge in [0.25, 0.3) is 0 Å². The zero-order valence-electron chi connectivity index (χ0n) is 17.7. The highest BCUT2D eigenvalue weighted by Crippen LogP contribution is 2.35. The maximum absolute atomic E-state index is 13.5. The molecule has 9 heteroatoms. The van der Waals surface area contributed by atoms with E-state index in [9.17, 15) is 9.18 Å². The standard InChI is InChI=1S/C24H20ClFN4O3/c1-2-32-21-12-20-17(11-22(21)33-23(31)8-5-15-4-3-9-27-13-15)24(29-14-28-20)30-16-6-7-19(26)18(25)10-16/h3-4,6-7,9-14H,2,5,8H2,1H3,(H,28,29,30). The quantitative estimate of drug-likeness (QED) is 0.271. The van der Waals surface area contributed by atoms with E-state index in [0.29, 0.717) is 41.2 Å². The number of esters is 1. The Kier molecular flexibility index (Phi) is 6.95. The zero-order valence-corrected chi connectivity index (χ0v) is 18.5. The summed E-state index contributed by atoms with van der Waals surface area (Å²) in [6.45, 7) is 2.22. The molecule has 0 radical (unpaired) electrons. The van der Waals surface area contributed by atoms with Crippen molar-refractivity contribution in [2.75, 3.05) is 11.9 Å². The van der Waals surface area contributed by atoms with Gasteiger partial charge in [0, 0.05) is 29.5 Å². The van der Waals surface area contributed by atoms with Gasteiger partial charge in [-0.25, -0.2) is 14.4 Å². The number of benzene rings is 2. The van der Waals surface area contributed by atoms with Crippen molar-refractivity contribution in [3.05, 3.63) is 77.6 Å². The van der Waals surface area contributed by atoms with Crippen molar-refractivity contribution in [1.82, 2.24) is 15.0 Å². The summed E-state index contributed by atoms with van der Waals surface area (Å²) in [4.78, 5) is 25.1. The summed E-state index contributed by atoms with van der Waals surface area (Å²) >= 11 is 5.88. The molecule has 2 aromatic carbocycles. The van der Waals surface area contributed by atoms with Gasteiger partial charge < -0.3 is 14.8 Å². The Morgan fingerprint density at radius 1 is 1.15 bits per heavy atom. The van der Waals surface area contributed by atoms with Crippen molar-refractivity contribution in [3.8, 4) is 11.5 Å². The van der Waals surface area contributed by atoms with E-state index in [4.69, 9.17) is 21.1 Å².